The lowest BCUT2D eigenvalue weighted by Crippen LogP contribution is -2.26. The minimum atomic E-state index is -4.65. The maximum atomic E-state index is 14.0. The van der Waals surface area contributed by atoms with Gasteiger partial charge in [0.25, 0.3) is 5.56 Å². The monoisotopic (exact) mass is 540 g/mol. The third-order valence-electron chi connectivity index (χ3n) is 6.23. The second-order valence-corrected chi connectivity index (χ2v) is 9.69. The number of alkyl halides is 3. The Kier molecular flexibility index (Phi) is 6.36. The van der Waals surface area contributed by atoms with Gasteiger partial charge in [-0.3, -0.25) is 9.36 Å². The lowest BCUT2D eigenvalue weighted by Gasteiger charge is -2.18. The smallest absolute Gasteiger partial charge is 0.268 e. The molecule has 0 saturated carbocycles. The third-order valence-corrected chi connectivity index (χ3v) is 7.22. The third kappa shape index (κ3) is 4.77. The average molecular weight is 541 g/mol. The van der Waals surface area contributed by atoms with Gasteiger partial charge in [0.2, 0.25) is 0 Å². The van der Waals surface area contributed by atoms with Gasteiger partial charge in [0.1, 0.15) is 10.9 Å². The summed E-state index contributed by atoms with van der Waals surface area (Å²) >= 11 is 1.30. The summed E-state index contributed by atoms with van der Waals surface area (Å²) in [5.74, 6) is 0.814. The summed E-state index contributed by atoms with van der Waals surface area (Å²) in [6.07, 6.45) is -4.65. The van der Waals surface area contributed by atoms with Gasteiger partial charge in [0.15, 0.2) is 5.82 Å². The van der Waals surface area contributed by atoms with Crippen LogP contribution < -0.4 is 5.56 Å². The zero-order valence-electron chi connectivity index (χ0n) is 20.3. The van der Waals surface area contributed by atoms with Crippen molar-refractivity contribution < 1.29 is 13.2 Å². The van der Waals surface area contributed by atoms with E-state index in [9.17, 15) is 18.0 Å². The van der Waals surface area contributed by atoms with E-state index in [2.05, 4.69) is 4.98 Å². The van der Waals surface area contributed by atoms with E-state index < -0.39 is 17.3 Å². The first-order chi connectivity index (χ1) is 18.9. The summed E-state index contributed by atoms with van der Waals surface area (Å²) in [6, 6.07) is 28.8. The predicted octanol–water partition coefficient (Wildman–Crippen LogP) is 7.31. The molecule has 0 aliphatic carbocycles. The minimum absolute atomic E-state index is 0.0987. The molecule has 192 valence electrons. The van der Waals surface area contributed by atoms with Crippen molar-refractivity contribution in [2.75, 3.05) is 0 Å². The molecule has 0 N–H and O–H groups in total. The molecule has 0 unspecified atom stereocenters. The van der Waals surface area contributed by atoms with Gasteiger partial charge in [-0.2, -0.15) is 13.2 Å². The van der Waals surface area contributed by atoms with Crippen molar-refractivity contribution >= 4 is 33.6 Å². The van der Waals surface area contributed by atoms with Gasteiger partial charge in [-0.1, -0.05) is 84.6 Å². The van der Waals surface area contributed by atoms with E-state index in [0.29, 0.717) is 16.4 Å². The molecular weight excluding hydrogens is 521 g/mol. The lowest BCUT2D eigenvalue weighted by molar-refractivity contribution is -0.137. The standard InChI is InChI=1S/C30H19F3N4OS/c31-30(32,33)22-14-6-9-17-25(22)37-26(34-24-16-8-5-13-21(24)29(37)38)18-39-28-20-12-4-7-15-23(20)35-27(36-28)19-10-2-1-3-11-19/h1-17H,18H2. The second kappa shape index (κ2) is 9.99. The second-order valence-electron chi connectivity index (χ2n) is 8.72. The Bertz CT molecular complexity index is 1890. The number of hydrogen-bond donors (Lipinski definition) is 0. The van der Waals surface area contributed by atoms with Gasteiger partial charge < -0.3 is 0 Å². The number of rotatable bonds is 5. The van der Waals surface area contributed by atoms with Crippen LogP contribution in [0.5, 0.6) is 0 Å². The number of nitrogens with zero attached hydrogens (tertiary/aromatic N) is 4. The first kappa shape index (κ1) is 24.8. The fraction of sp³-hybridized carbons (Fsp3) is 0.0667. The molecule has 6 rings (SSSR count). The van der Waals surface area contributed by atoms with Gasteiger partial charge in [-0.15, -0.1) is 0 Å². The predicted molar refractivity (Wildman–Crippen MR) is 147 cm³/mol. The van der Waals surface area contributed by atoms with E-state index in [1.165, 1.54) is 30.0 Å². The molecule has 2 heterocycles. The number of fused-ring (bicyclic) bond motifs is 2. The fourth-order valence-electron chi connectivity index (χ4n) is 4.44. The molecular formula is C30H19F3N4OS. The van der Waals surface area contributed by atoms with Crippen LogP contribution in [0, 0.1) is 0 Å². The number of thioether (sulfide) groups is 1. The highest BCUT2D eigenvalue weighted by atomic mass is 32.2. The van der Waals surface area contributed by atoms with Crippen molar-refractivity contribution in [2.24, 2.45) is 0 Å². The SMILES string of the molecule is O=c1c2ccccc2nc(CSc2nc(-c3ccccc3)nc3ccccc23)n1-c1ccccc1C(F)(F)F. The molecule has 0 spiro atoms. The molecule has 0 radical (unpaired) electrons. The maximum absolute atomic E-state index is 14.0. The molecule has 4 aromatic carbocycles. The highest BCUT2D eigenvalue weighted by Crippen LogP contribution is 2.35. The van der Waals surface area contributed by atoms with Crippen LogP contribution in [0.4, 0.5) is 13.2 Å². The summed E-state index contributed by atoms with van der Waals surface area (Å²) in [4.78, 5) is 27.7. The molecule has 0 aliphatic heterocycles. The first-order valence-corrected chi connectivity index (χ1v) is 13.0. The number of aromatic nitrogens is 4. The van der Waals surface area contributed by atoms with E-state index >= 15 is 0 Å². The molecule has 39 heavy (non-hydrogen) atoms. The van der Waals surface area contributed by atoms with Crippen LogP contribution in [0.15, 0.2) is 113 Å². The maximum Gasteiger partial charge on any atom is 0.418 e. The van der Waals surface area contributed by atoms with Crippen molar-refractivity contribution in [1.29, 1.82) is 0 Å². The molecule has 6 aromatic rings. The van der Waals surface area contributed by atoms with E-state index in [0.717, 1.165) is 27.1 Å². The Hall–Kier alpha value is -4.50. The van der Waals surface area contributed by atoms with Crippen LogP contribution in [0.25, 0.3) is 38.9 Å². The molecule has 0 fully saturated rings. The summed E-state index contributed by atoms with van der Waals surface area (Å²) in [7, 11) is 0. The molecule has 5 nitrogen and oxygen atoms in total. The average Bonchev–Trinajstić information content (AvgIpc) is 2.96. The van der Waals surface area contributed by atoms with Gasteiger partial charge in [-0.05, 0) is 30.3 Å². The fourth-order valence-corrected chi connectivity index (χ4v) is 5.38. The number of para-hydroxylation sites is 3. The largest absolute Gasteiger partial charge is 0.418 e. The quantitative estimate of drug-likeness (QED) is 0.170. The molecule has 9 heteroatoms. The topological polar surface area (TPSA) is 60.7 Å². The molecule has 0 atom stereocenters. The van der Waals surface area contributed by atoms with Crippen LogP contribution in [0.3, 0.4) is 0 Å². The normalized spacial score (nSPS) is 11.8. The Balaban J connectivity index is 1.51. The van der Waals surface area contributed by atoms with Gasteiger partial charge in [0, 0.05) is 10.9 Å². The number of hydrogen-bond acceptors (Lipinski definition) is 5. The van der Waals surface area contributed by atoms with E-state index in [1.54, 1.807) is 24.3 Å². The van der Waals surface area contributed by atoms with Crippen LogP contribution in [0.2, 0.25) is 0 Å². The van der Waals surface area contributed by atoms with Crippen LogP contribution in [-0.4, -0.2) is 19.5 Å². The van der Waals surface area contributed by atoms with Crippen molar-refractivity contribution in [3.63, 3.8) is 0 Å². The van der Waals surface area contributed by atoms with Gasteiger partial charge >= 0.3 is 6.18 Å². The Morgan fingerprint density at radius 1 is 0.692 bits per heavy atom. The highest BCUT2D eigenvalue weighted by molar-refractivity contribution is 7.98. The molecule has 0 amide bonds. The molecule has 0 bridgehead atoms. The van der Waals surface area contributed by atoms with E-state index in [4.69, 9.17) is 9.97 Å². The van der Waals surface area contributed by atoms with E-state index in [1.807, 2.05) is 54.6 Å². The Morgan fingerprint density at radius 3 is 2.05 bits per heavy atom. The number of halogens is 3. The van der Waals surface area contributed by atoms with Crippen molar-refractivity contribution in [2.45, 2.75) is 17.0 Å². The lowest BCUT2D eigenvalue weighted by atomic mass is 10.1. The van der Waals surface area contributed by atoms with Crippen LogP contribution in [0.1, 0.15) is 11.4 Å². The summed E-state index contributed by atoms with van der Waals surface area (Å²) in [6.45, 7) is 0. The van der Waals surface area contributed by atoms with Crippen LogP contribution >= 0.6 is 11.8 Å². The molecule has 0 aliphatic rings. The molecule has 2 aromatic heterocycles. The zero-order valence-corrected chi connectivity index (χ0v) is 21.1. The van der Waals surface area contributed by atoms with Gasteiger partial charge in [-0.25, -0.2) is 15.0 Å². The first-order valence-electron chi connectivity index (χ1n) is 12.0. The Labute approximate surface area is 225 Å². The zero-order chi connectivity index (χ0) is 27.0. The Morgan fingerprint density at radius 2 is 1.31 bits per heavy atom. The van der Waals surface area contributed by atoms with Gasteiger partial charge in [0.05, 0.1) is 33.4 Å². The van der Waals surface area contributed by atoms with E-state index in [-0.39, 0.29) is 22.7 Å². The minimum Gasteiger partial charge on any atom is -0.268 e. The van der Waals surface area contributed by atoms with Crippen molar-refractivity contribution in [3.8, 4) is 17.1 Å². The summed E-state index contributed by atoms with van der Waals surface area (Å²) in [5.41, 5.74) is 0.252. The summed E-state index contributed by atoms with van der Waals surface area (Å²) < 4.78 is 43.0. The van der Waals surface area contributed by atoms with Crippen LogP contribution in [-0.2, 0) is 11.9 Å². The molecule has 0 saturated heterocycles. The summed E-state index contributed by atoms with van der Waals surface area (Å²) in [5, 5.41) is 1.67. The number of benzene rings is 4. The highest BCUT2D eigenvalue weighted by Gasteiger charge is 2.34. The van der Waals surface area contributed by atoms with Crippen molar-refractivity contribution in [3.05, 3.63) is 125 Å². The van der Waals surface area contributed by atoms with Crippen molar-refractivity contribution in [1.82, 2.24) is 19.5 Å².